The van der Waals surface area contributed by atoms with Gasteiger partial charge in [-0.1, -0.05) is 91.0 Å². The highest BCUT2D eigenvalue weighted by atomic mass is 16.3. The zero-order chi connectivity index (χ0) is 21.8. The van der Waals surface area contributed by atoms with Gasteiger partial charge in [0.2, 0.25) is 0 Å². The molecular formula is C30H18N2O. The van der Waals surface area contributed by atoms with Crippen LogP contribution in [0.25, 0.3) is 66.3 Å². The first-order valence-electron chi connectivity index (χ1n) is 11.0. The molecule has 0 atom stereocenters. The molecule has 33 heavy (non-hydrogen) atoms. The fraction of sp³-hybridized carbons (Fsp3) is 0. The van der Waals surface area contributed by atoms with E-state index in [0.717, 1.165) is 66.3 Å². The summed E-state index contributed by atoms with van der Waals surface area (Å²) in [7, 11) is 0. The molecule has 0 fully saturated rings. The maximum Gasteiger partial charge on any atom is 0.143 e. The number of para-hydroxylation sites is 4. The van der Waals surface area contributed by atoms with E-state index in [4.69, 9.17) is 14.4 Å². The zero-order valence-corrected chi connectivity index (χ0v) is 17.7. The summed E-state index contributed by atoms with van der Waals surface area (Å²) in [4.78, 5) is 10.2. The molecular weight excluding hydrogens is 404 g/mol. The van der Waals surface area contributed by atoms with Crippen molar-refractivity contribution in [1.82, 2.24) is 9.97 Å². The molecule has 0 bridgehead atoms. The summed E-state index contributed by atoms with van der Waals surface area (Å²) in [6.45, 7) is 0. The van der Waals surface area contributed by atoms with E-state index in [1.165, 1.54) is 0 Å². The third-order valence-corrected chi connectivity index (χ3v) is 6.28. The van der Waals surface area contributed by atoms with E-state index in [-0.39, 0.29) is 0 Å². The Balaban J connectivity index is 1.60. The smallest absolute Gasteiger partial charge is 0.143 e. The van der Waals surface area contributed by atoms with Crippen molar-refractivity contribution in [2.24, 2.45) is 0 Å². The first-order valence-corrected chi connectivity index (χ1v) is 11.0. The third kappa shape index (κ3) is 2.76. The summed E-state index contributed by atoms with van der Waals surface area (Å²) >= 11 is 0. The molecule has 3 heteroatoms. The Labute approximate surface area is 190 Å². The van der Waals surface area contributed by atoms with Gasteiger partial charge in [0.15, 0.2) is 0 Å². The van der Waals surface area contributed by atoms with Crippen LogP contribution in [0.1, 0.15) is 0 Å². The SMILES string of the molecule is c1ccc(-c2ccc(-c3cccc4c3oc3ccccc34)c3nc4ccccc4nc23)cc1. The first kappa shape index (κ1) is 18.1. The Morgan fingerprint density at radius 3 is 1.91 bits per heavy atom. The zero-order valence-electron chi connectivity index (χ0n) is 17.7. The Kier molecular flexibility index (Phi) is 3.84. The lowest BCUT2D eigenvalue weighted by Crippen LogP contribution is -1.93. The second-order valence-electron chi connectivity index (χ2n) is 8.22. The summed E-state index contributed by atoms with van der Waals surface area (Å²) in [5.41, 5.74) is 9.56. The van der Waals surface area contributed by atoms with Gasteiger partial charge < -0.3 is 4.42 Å². The minimum atomic E-state index is 0.877. The van der Waals surface area contributed by atoms with Crippen LogP contribution >= 0.6 is 0 Å². The van der Waals surface area contributed by atoms with Gasteiger partial charge in [-0.25, -0.2) is 9.97 Å². The maximum atomic E-state index is 6.34. The van der Waals surface area contributed by atoms with Crippen molar-refractivity contribution >= 4 is 44.0 Å². The van der Waals surface area contributed by atoms with Crippen molar-refractivity contribution in [3.63, 3.8) is 0 Å². The number of fused-ring (bicyclic) bond motifs is 5. The topological polar surface area (TPSA) is 38.9 Å². The van der Waals surface area contributed by atoms with Crippen LogP contribution in [0.4, 0.5) is 0 Å². The first-order chi connectivity index (χ1) is 16.4. The molecule has 0 radical (unpaired) electrons. The monoisotopic (exact) mass is 422 g/mol. The average molecular weight is 422 g/mol. The highest BCUT2D eigenvalue weighted by Crippen LogP contribution is 2.40. The highest BCUT2D eigenvalue weighted by Gasteiger charge is 2.17. The molecule has 7 rings (SSSR count). The summed E-state index contributed by atoms with van der Waals surface area (Å²) in [6.07, 6.45) is 0. The lowest BCUT2D eigenvalue weighted by molar-refractivity contribution is 0.670. The van der Waals surface area contributed by atoms with Crippen LogP contribution in [0, 0.1) is 0 Å². The molecule has 0 aliphatic carbocycles. The molecule has 0 N–H and O–H groups in total. The Hall–Kier alpha value is -4.50. The predicted molar refractivity (Wildman–Crippen MR) is 135 cm³/mol. The van der Waals surface area contributed by atoms with Gasteiger partial charge in [0, 0.05) is 27.5 Å². The van der Waals surface area contributed by atoms with Gasteiger partial charge in [-0.15, -0.1) is 0 Å². The van der Waals surface area contributed by atoms with Crippen molar-refractivity contribution in [1.29, 1.82) is 0 Å². The van der Waals surface area contributed by atoms with Crippen LogP contribution < -0.4 is 0 Å². The number of nitrogens with zero attached hydrogens (tertiary/aromatic N) is 2. The summed E-state index contributed by atoms with van der Waals surface area (Å²) in [6, 6.07) is 37.2. The summed E-state index contributed by atoms with van der Waals surface area (Å²) in [5.74, 6) is 0. The van der Waals surface area contributed by atoms with Crippen molar-refractivity contribution in [3.8, 4) is 22.3 Å². The van der Waals surface area contributed by atoms with E-state index >= 15 is 0 Å². The molecule has 0 spiro atoms. The number of rotatable bonds is 2. The maximum absolute atomic E-state index is 6.34. The molecule has 154 valence electrons. The van der Waals surface area contributed by atoms with E-state index in [2.05, 4.69) is 60.7 Å². The van der Waals surface area contributed by atoms with Gasteiger partial charge in [-0.2, -0.15) is 0 Å². The molecule has 0 amide bonds. The minimum Gasteiger partial charge on any atom is -0.455 e. The molecule has 3 nitrogen and oxygen atoms in total. The quantitative estimate of drug-likeness (QED) is 0.265. The van der Waals surface area contributed by atoms with Crippen molar-refractivity contribution < 1.29 is 4.42 Å². The standard InChI is InChI=1S/C30H18N2O/c1-2-9-19(10-3-1)20-17-18-22(29-28(20)31-25-14-5-6-15-26(25)32-29)24-13-8-12-23-21-11-4-7-16-27(21)33-30(23)24/h1-18H. The number of hydrogen-bond donors (Lipinski definition) is 0. The van der Waals surface area contributed by atoms with E-state index in [0.29, 0.717) is 0 Å². The van der Waals surface area contributed by atoms with E-state index < -0.39 is 0 Å². The molecule has 0 saturated heterocycles. The fourth-order valence-electron chi connectivity index (χ4n) is 4.73. The van der Waals surface area contributed by atoms with E-state index in [1.54, 1.807) is 0 Å². The van der Waals surface area contributed by atoms with Gasteiger partial charge >= 0.3 is 0 Å². The predicted octanol–water partition coefficient (Wildman–Crippen LogP) is 8.02. The molecule has 0 unspecified atom stereocenters. The Morgan fingerprint density at radius 1 is 0.455 bits per heavy atom. The summed E-state index contributed by atoms with van der Waals surface area (Å²) < 4.78 is 6.34. The number of aromatic nitrogens is 2. The fourth-order valence-corrected chi connectivity index (χ4v) is 4.73. The lowest BCUT2D eigenvalue weighted by Gasteiger charge is -2.12. The van der Waals surface area contributed by atoms with Gasteiger partial charge in [-0.05, 0) is 23.8 Å². The molecule has 0 saturated carbocycles. The van der Waals surface area contributed by atoms with Crippen molar-refractivity contribution in [3.05, 3.63) is 109 Å². The summed E-state index contributed by atoms with van der Waals surface area (Å²) in [5, 5.41) is 2.23. The minimum absolute atomic E-state index is 0.877. The Morgan fingerprint density at radius 2 is 1.09 bits per heavy atom. The highest BCUT2D eigenvalue weighted by molar-refractivity contribution is 6.13. The number of benzene rings is 5. The van der Waals surface area contributed by atoms with E-state index in [1.807, 2.05) is 48.5 Å². The van der Waals surface area contributed by atoms with Crippen LogP contribution in [0.15, 0.2) is 114 Å². The van der Waals surface area contributed by atoms with Crippen LogP contribution in [0.2, 0.25) is 0 Å². The number of furan rings is 1. The van der Waals surface area contributed by atoms with Gasteiger partial charge in [0.1, 0.15) is 11.2 Å². The van der Waals surface area contributed by atoms with E-state index in [9.17, 15) is 0 Å². The largest absolute Gasteiger partial charge is 0.455 e. The molecule has 5 aromatic carbocycles. The van der Waals surface area contributed by atoms with Crippen LogP contribution in [-0.4, -0.2) is 9.97 Å². The normalized spacial score (nSPS) is 11.6. The van der Waals surface area contributed by atoms with Gasteiger partial charge in [0.25, 0.3) is 0 Å². The lowest BCUT2D eigenvalue weighted by atomic mass is 9.96. The van der Waals surface area contributed by atoms with Gasteiger partial charge in [-0.3, -0.25) is 0 Å². The second-order valence-corrected chi connectivity index (χ2v) is 8.22. The van der Waals surface area contributed by atoms with Crippen LogP contribution in [0.5, 0.6) is 0 Å². The van der Waals surface area contributed by atoms with Crippen LogP contribution in [0.3, 0.4) is 0 Å². The average Bonchev–Trinajstić information content (AvgIpc) is 3.26. The second kappa shape index (κ2) is 7.01. The number of hydrogen-bond acceptors (Lipinski definition) is 3. The molecule has 7 aromatic rings. The molecule has 2 heterocycles. The van der Waals surface area contributed by atoms with Crippen molar-refractivity contribution in [2.45, 2.75) is 0 Å². The third-order valence-electron chi connectivity index (χ3n) is 6.28. The van der Waals surface area contributed by atoms with Crippen LogP contribution in [-0.2, 0) is 0 Å². The molecule has 2 aromatic heterocycles. The Bertz CT molecular complexity index is 1820. The molecule has 0 aliphatic rings. The van der Waals surface area contributed by atoms with Crippen molar-refractivity contribution in [2.75, 3.05) is 0 Å². The van der Waals surface area contributed by atoms with Gasteiger partial charge in [0.05, 0.1) is 22.1 Å². The molecule has 0 aliphatic heterocycles.